The number of amides is 1. The van der Waals surface area contributed by atoms with Crippen LogP contribution in [0, 0.1) is 0 Å². The normalized spacial score (nSPS) is 15.5. The molecule has 4 heteroatoms. The lowest BCUT2D eigenvalue weighted by Crippen LogP contribution is -3.12. The highest BCUT2D eigenvalue weighted by Crippen LogP contribution is 2.18. The van der Waals surface area contributed by atoms with Crippen molar-refractivity contribution in [3.05, 3.63) is 54.5 Å². The van der Waals surface area contributed by atoms with E-state index in [1.807, 2.05) is 47.4 Å². The minimum absolute atomic E-state index is 0.172. The van der Waals surface area contributed by atoms with Crippen molar-refractivity contribution in [2.45, 2.75) is 32.2 Å². The zero-order valence-electron chi connectivity index (χ0n) is 13.5. The van der Waals surface area contributed by atoms with Crippen LogP contribution in [0.2, 0.25) is 0 Å². The minimum Gasteiger partial charge on any atom is -0.467 e. The zero-order chi connectivity index (χ0) is 15.9. The van der Waals surface area contributed by atoms with E-state index in [1.54, 1.807) is 11.2 Å². The summed E-state index contributed by atoms with van der Waals surface area (Å²) in [6.07, 6.45) is 6.16. The highest BCUT2D eigenvalue weighted by molar-refractivity contribution is 5.93. The van der Waals surface area contributed by atoms with E-state index < -0.39 is 0 Å². The van der Waals surface area contributed by atoms with E-state index in [2.05, 4.69) is 0 Å². The monoisotopic (exact) mass is 313 g/mol. The molecular weight excluding hydrogens is 288 g/mol. The van der Waals surface area contributed by atoms with E-state index >= 15 is 0 Å². The largest absolute Gasteiger partial charge is 0.467 e. The molecule has 1 amide bonds. The molecule has 23 heavy (non-hydrogen) atoms. The van der Waals surface area contributed by atoms with Crippen LogP contribution in [0.1, 0.15) is 31.4 Å². The molecule has 0 saturated carbocycles. The van der Waals surface area contributed by atoms with E-state index in [1.165, 1.54) is 32.4 Å². The molecule has 122 valence electrons. The smallest absolute Gasteiger partial charge is 0.233 e. The highest BCUT2D eigenvalue weighted by atomic mass is 16.3. The van der Waals surface area contributed by atoms with Gasteiger partial charge in [-0.2, -0.15) is 0 Å². The Morgan fingerprint density at radius 1 is 1.04 bits per heavy atom. The molecule has 4 nitrogen and oxygen atoms in total. The molecule has 1 aromatic carbocycles. The summed E-state index contributed by atoms with van der Waals surface area (Å²) in [7, 11) is 0. The van der Waals surface area contributed by atoms with Crippen LogP contribution in [0.4, 0.5) is 5.69 Å². The first-order valence-corrected chi connectivity index (χ1v) is 8.54. The van der Waals surface area contributed by atoms with Crippen molar-refractivity contribution in [3.8, 4) is 0 Å². The van der Waals surface area contributed by atoms with Gasteiger partial charge in [0, 0.05) is 5.69 Å². The molecule has 3 rings (SSSR count). The number of rotatable bonds is 6. The molecule has 0 aliphatic carbocycles. The van der Waals surface area contributed by atoms with Crippen molar-refractivity contribution < 1.29 is 14.1 Å². The Balaban J connectivity index is 1.65. The molecule has 1 N–H and O–H groups in total. The van der Waals surface area contributed by atoms with Gasteiger partial charge in [-0.05, 0) is 43.5 Å². The fourth-order valence-electron chi connectivity index (χ4n) is 3.21. The SMILES string of the molecule is O=C(CC[NH+]1CCCCC1)N(Cc1ccco1)c1ccccc1. The Labute approximate surface area is 137 Å². The van der Waals surface area contributed by atoms with Crippen molar-refractivity contribution in [1.29, 1.82) is 0 Å². The number of para-hydroxylation sites is 1. The molecule has 1 aliphatic heterocycles. The topological polar surface area (TPSA) is 37.9 Å². The number of benzene rings is 1. The second-order valence-electron chi connectivity index (χ2n) is 6.21. The first kappa shape index (κ1) is 15.8. The van der Waals surface area contributed by atoms with Gasteiger partial charge >= 0.3 is 0 Å². The Morgan fingerprint density at radius 2 is 1.83 bits per heavy atom. The summed E-state index contributed by atoms with van der Waals surface area (Å²) in [6, 6.07) is 13.6. The van der Waals surface area contributed by atoms with Gasteiger partial charge in [0.05, 0.1) is 38.9 Å². The maximum atomic E-state index is 12.8. The van der Waals surface area contributed by atoms with Crippen molar-refractivity contribution >= 4 is 11.6 Å². The molecule has 0 radical (unpaired) electrons. The van der Waals surface area contributed by atoms with Gasteiger partial charge in [0.2, 0.25) is 5.91 Å². The Kier molecular flexibility index (Phi) is 5.48. The maximum Gasteiger partial charge on any atom is 0.233 e. The van der Waals surface area contributed by atoms with Gasteiger partial charge in [0.25, 0.3) is 0 Å². The highest BCUT2D eigenvalue weighted by Gasteiger charge is 2.20. The third-order valence-electron chi connectivity index (χ3n) is 4.52. The number of quaternary nitrogens is 1. The first-order chi connectivity index (χ1) is 11.3. The fraction of sp³-hybridized carbons (Fsp3) is 0.421. The molecule has 1 aromatic heterocycles. The second kappa shape index (κ2) is 7.97. The average Bonchev–Trinajstić information content (AvgIpc) is 3.12. The summed E-state index contributed by atoms with van der Waals surface area (Å²) in [5.74, 6) is 0.984. The summed E-state index contributed by atoms with van der Waals surface area (Å²) in [5, 5.41) is 0. The Hall–Kier alpha value is -2.07. The molecule has 1 aliphatic rings. The summed E-state index contributed by atoms with van der Waals surface area (Å²) in [6.45, 7) is 3.83. The summed E-state index contributed by atoms with van der Waals surface area (Å²) in [4.78, 5) is 16.2. The van der Waals surface area contributed by atoms with Crippen LogP contribution in [0.5, 0.6) is 0 Å². The molecule has 0 spiro atoms. The van der Waals surface area contributed by atoms with Gasteiger partial charge in [-0.1, -0.05) is 18.2 Å². The number of nitrogens with zero attached hydrogens (tertiary/aromatic N) is 1. The van der Waals surface area contributed by atoms with Crippen LogP contribution in [0.3, 0.4) is 0 Å². The number of anilines is 1. The number of likely N-dealkylation sites (tertiary alicyclic amines) is 1. The lowest BCUT2D eigenvalue weighted by molar-refractivity contribution is -0.904. The van der Waals surface area contributed by atoms with Crippen molar-refractivity contribution in [1.82, 2.24) is 0 Å². The standard InChI is InChI=1S/C19H24N2O2/c22-19(11-14-20-12-5-2-6-13-20)21(16-18-10-7-15-23-18)17-8-3-1-4-9-17/h1,3-4,7-10,15H,2,5-6,11-14,16H2/p+1. The number of carbonyl (C=O) groups excluding carboxylic acids is 1. The Morgan fingerprint density at radius 3 is 2.52 bits per heavy atom. The van der Waals surface area contributed by atoms with Crippen LogP contribution >= 0.6 is 0 Å². The number of hydrogen-bond donors (Lipinski definition) is 1. The van der Waals surface area contributed by atoms with Gasteiger partial charge in [-0.15, -0.1) is 0 Å². The van der Waals surface area contributed by atoms with Gasteiger partial charge in [0.15, 0.2) is 0 Å². The van der Waals surface area contributed by atoms with Crippen LogP contribution in [-0.2, 0) is 11.3 Å². The van der Waals surface area contributed by atoms with E-state index in [0.717, 1.165) is 18.0 Å². The lowest BCUT2D eigenvalue weighted by Gasteiger charge is -2.26. The maximum absolute atomic E-state index is 12.8. The Bertz CT molecular complexity index is 589. The molecular formula is C19H25N2O2+. The molecule has 0 unspecified atom stereocenters. The number of nitrogens with one attached hydrogen (secondary N) is 1. The number of piperidine rings is 1. The van der Waals surface area contributed by atoms with E-state index in [4.69, 9.17) is 4.42 Å². The predicted octanol–water partition coefficient (Wildman–Crippen LogP) is 2.27. The molecule has 2 aromatic rings. The summed E-state index contributed by atoms with van der Waals surface area (Å²) < 4.78 is 5.43. The number of furan rings is 1. The predicted molar refractivity (Wildman–Crippen MR) is 90.4 cm³/mol. The third-order valence-corrected chi connectivity index (χ3v) is 4.52. The number of carbonyl (C=O) groups is 1. The number of hydrogen-bond acceptors (Lipinski definition) is 2. The van der Waals surface area contributed by atoms with Gasteiger partial charge in [0.1, 0.15) is 5.76 Å². The van der Waals surface area contributed by atoms with Gasteiger partial charge in [-0.25, -0.2) is 0 Å². The molecule has 2 heterocycles. The average molecular weight is 313 g/mol. The third kappa shape index (κ3) is 4.45. The van der Waals surface area contributed by atoms with E-state index in [0.29, 0.717) is 13.0 Å². The van der Waals surface area contributed by atoms with Crippen LogP contribution < -0.4 is 9.80 Å². The zero-order valence-corrected chi connectivity index (χ0v) is 13.5. The molecule has 0 atom stereocenters. The minimum atomic E-state index is 0.172. The van der Waals surface area contributed by atoms with Crippen molar-refractivity contribution in [2.75, 3.05) is 24.5 Å². The van der Waals surface area contributed by atoms with Crippen LogP contribution in [0.15, 0.2) is 53.1 Å². The second-order valence-corrected chi connectivity index (χ2v) is 6.21. The fourth-order valence-corrected chi connectivity index (χ4v) is 3.21. The molecule has 1 fully saturated rings. The van der Waals surface area contributed by atoms with Crippen molar-refractivity contribution in [2.24, 2.45) is 0 Å². The lowest BCUT2D eigenvalue weighted by atomic mass is 10.1. The van der Waals surface area contributed by atoms with Crippen LogP contribution in [0.25, 0.3) is 0 Å². The van der Waals surface area contributed by atoms with E-state index in [9.17, 15) is 4.79 Å². The molecule has 0 bridgehead atoms. The van der Waals surface area contributed by atoms with Crippen molar-refractivity contribution in [3.63, 3.8) is 0 Å². The first-order valence-electron chi connectivity index (χ1n) is 8.54. The van der Waals surface area contributed by atoms with Gasteiger partial charge < -0.3 is 14.2 Å². The molecule has 1 saturated heterocycles. The van der Waals surface area contributed by atoms with Crippen LogP contribution in [-0.4, -0.2) is 25.5 Å². The quantitative estimate of drug-likeness (QED) is 0.888. The summed E-state index contributed by atoms with van der Waals surface area (Å²) in [5.41, 5.74) is 0.933. The van der Waals surface area contributed by atoms with Gasteiger partial charge in [-0.3, -0.25) is 4.79 Å². The van der Waals surface area contributed by atoms with E-state index in [-0.39, 0.29) is 5.91 Å². The summed E-state index contributed by atoms with van der Waals surface area (Å²) >= 11 is 0.